The summed E-state index contributed by atoms with van der Waals surface area (Å²) < 4.78 is 4.96. The van der Waals surface area contributed by atoms with Crippen molar-refractivity contribution in [1.82, 2.24) is 0 Å². The van der Waals surface area contributed by atoms with E-state index in [0.29, 0.717) is 16.9 Å². The van der Waals surface area contributed by atoms with Crippen molar-refractivity contribution >= 4 is 5.78 Å². The second-order valence-corrected chi connectivity index (χ2v) is 2.12. The average molecular weight is 136 g/mol. The Bertz CT molecular complexity index is 210. The number of carbonyl (C=O) groups is 1. The van der Waals surface area contributed by atoms with Gasteiger partial charge in [0.15, 0.2) is 5.78 Å². The van der Waals surface area contributed by atoms with Crippen molar-refractivity contribution in [2.45, 2.75) is 0 Å². The fourth-order valence-electron chi connectivity index (χ4n) is 0.667. The number of rotatable bonds is 0. The van der Waals surface area contributed by atoms with E-state index in [1.54, 1.807) is 0 Å². The summed E-state index contributed by atoms with van der Waals surface area (Å²) in [5.74, 6) is 0.216. The maximum absolute atomic E-state index is 11.0. The van der Waals surface area contributed by atoms with Crippen LogP contribution in [0, 0.1) is 0 Å². The molecule has 2 heteroatoms. The highest BCUT2D eigenvalue weighted by atomic mass is 16.5. The molecule has 0 N–H and O–H groups in total. The molecule has 0 atom stereocenters. The van der Waals surface area contributed by atoms with Gasteiger partial charge in [-0.25, -0.2) is 0 Å². The van der Waals surface area contributed by atoms with Gasteiger partial charge in [0, 0.05) is 5.57 Å². The van der Waals surface area contributed by atoms with E-state index in [1.165, 1.54) is 0 Å². The number of Topliss-reactive ketones (excluding diaryl/α,β-unsaturated/α-hetero) is 1. The first-order chi connectivity index (χ1) is 4.63. The molecular weight excluding hydrogens is 128 g/mol. The maximum atomic E-state index is 11.0. The molecule has 0 spiro atoms. The fraction of sp³-hybridized carbons (Fsp3) is 0.125. The third-order valence-corrected chi connectivity index (χ3v) is 1.35. The molecule has 0 aromatic carbocycles. The first-order valence-electron chi connectivity index (χ1n) is 2.86. The van der Waals surface area contributed by atoms with Gasteiger partial charge < -0.3 is 4.74 Å². The van der Waals surface area contributed by atoms with Gasteiger partial charge in [-0.2, -0.15) is 0 Å². The zero-order chi connectivity index (χ0) is 7.72. The van der Waals surface area contributed by atoms with Crippen molar-refractivity contribution in [3.05, 3.63) is 36.6 Å². The molecule has 0 unspecified atom stereocenters. The summed E-state index contributed by atoms with van der Waals surface area (Å²) in [5.41, 5.74) is 0.758. The van der Waals surface area contributed by atoms with Crippen LogP contribution < -0.4 is 0 Å². The van der Waals surface area contributed by atoms with Crippen LogP contribution in [0.4, 0.5) is 0 Å². The summed E-state index contributed by atoms with van der Waals surface area (Å²) in [6.07, 6.45) is 0. The highest BCUT2D eigenvalue weighted by molar-refractivity contribution is 6.10. The lowest BCUT2D eigenvalue weighted by Gasteiger charge is -2.17. The van der Waals surface area contributed by atoms with E-state index >= 15 is 0 Å². The lowest BCUT2D eigenvalue weighted by molar-refractivity contribution is -0.113. The fourth-order valence-corrected chi connectivity index (χ4v) is 0.667. The molecule has 1 saturated heterocycles. The molecular formula is C8H8O2. The molecule has 0 aliphatic carbocycles. The highest BCUT2D eigenvalue weighted by Gasteiger charge is 2.20. The third-order valence-electron chi connectivity index (χ3n) is 1.35. The molecule has 1 fully saturated rings. The number of hydrogen-bond donors (Lipinski definition) is 0. The van der Waals surface area contributed by atoms with Crippen LogP contribution in [-0.2, 0) is 9.53 Å². The van der Waals surface area contributed by atoms with Crippen molar-refractivity contribution in [2.24, 2.45) is 0 Å². The molecule has 2 nitrogen and oxygen atoms in total. The Labute approximate surface area is 59.5 Å². The van der Waals surface area contributed by atoms with E-state index in [0.717, 1.165) is 0 Å². The second kappa shape index (κ2) is 2.14. The van der Waals surface area contributed by atoms with Gasteiger partial charge in [0.2, 0.25) is 0 Å². The summed E-state index contributed by atoms with van der Waals surface area (Å²) in [5, 5.41) is 0. The van der Waals surface area contributed by atoms with Crippen LogP contribution in [0.25, 0.3) is 0 Å². The maximum Gasteiger partial charge on any atom is 0.194 e. The van der Waals surface area contributed by atoms with E-state index in [-0.39, 0.29) is 12.4 Å². The molecule has 1 heterocycles. The SMILES string of the molecule is C=C1COC(=C)C(=C)C1=O. The lowest BCUT2D eigenvalue weighted by Crippen LogP contribution is -2.18. The Morgan fingerprint density at radius 2 is 1.90 bits per heavy atom. The Morgan fingerprint density at radius 1 is 1.30 bits per heavy atom. The van der Waals surface area contributed by atoms with Gasteiger partial charge in [0.1, 0.15) is 12.4 Å². The molecule has 0 amide bonds. The Balaban J connectivity index is 2.90. The van der Waals surface area contributed by atoms with Gasteiger partial charge in [0.25, 0.3) is 0 Å². The van der Waals surface area contributed by atoms with E-state index in [9.17, 15) is 4.79 Å². The molecule has 1 aliphatic heterocycles. The monoisotopic (exact) mass is 136 g/mol. The zero-order valence-electron chi connectivity index (χ0n) is 5.64. The molecule has 0 saturated carbocycles. The average Bonchev–Trinajstić information content (AvgIpc) is 1.93. The zero-order valence-corrected chi connectivity index (χ0v) is 5.64. The Hall–Kier alpha value is -1.31. The third kappa shape index (κ3) is 0.880. The minimum atomic E-state index is -0.142. The minimum absolute atomic E-state index is 0.142. The van der Waals surface area contributed by atoms with Gasteiger partial charge in [-0.05, 0) is 0 Å². The standard InChI is InChI=1S/C8H8O2/c1-5-4-10-7(3)6(2)8(5)9/h1-4H2. The number of carbonyl (C=O) groups excluding carboxylic acids is 1. The quantitative estimate of drug-likeness (QED) is 0.468. The molecule has 10 heavy (non-hydrogen) atoms. The Morgan fingerprint density at radius 3 is 2.40 bits per heavy atom. The number of hydrogen-bond acceptors (Lipinski definition) is 2. The topological polar surface area (TPSA) is 26.3 Å². The Kier molecular flexibility index (Phi) is 1.45. The van der Waals surface area contributed by atoms with Crippen LogP contribution in [0.1, 0.15) is 0 Å². The molecule has 0 aromatic rings. The first kappa shape index (κ1) is 6.81. The number of ketones is 1. The van der Waals surface area contributed by atoms with E-state index in [1.807, 2.05) is 0 Å². The van der Waals surface area contributed by atoms with Crippen LogP contribution in [0.15, 0.2) is 36.6 Å². The number of ether oxygens (including phenoxy) is 1. The van der Waals surface area contributed by atoms with Crippen molar-refractivity contribution in [3.8, 4) is 0 Å². The van der Waals surface area contributed by atoms with Gasteiger partial charge >= 0.3 is 0 Å². The molecule has 1 rings (SSSR count). The summed E-state index contributed by atoms with van der Waals surface area (Å²) in [6, 6.07) is 0. The minimum Gasteiger partial charge on any atom is -0.489 e. The van der Waals surface area contributed by atoms with Crippen LogP contribution in [-0.4, -0.2) is 12.4 Å². The van der Waals surface area contributed by atoms with Crippen molar-refractivity contribution in [1.29, 1.82) is 0 Å². The van der Waals surface area contributed by atoms with Crippen molar-refractivity contribution in [2.75, 3.05) is 6.61 Å². The predicted octanol–water partition coefficient (Wildman–Crippen LogP) is 1.21. The van der Waals surface area contributed by atoms with Gasteiger partial charge in [-0.15, -0.1) is 0 Å². The van der Waals surface area contributed by atoms with E-state index in [4.69, 9.17) is 4.74 Å². The summed E-state index contributed by atoms with van der Waals surface area (Å²) >= 11 is 0. The van der Waals surface area contributed by atoms with Crippen LogP contribution in [0.2, 0.25) is 0 Å². The molecule has 1 aliphatic rings. The summed E-state index contributed by atoms with van der Waals surface area (Å²) in [4.78, 5) is 11.0. The summed E-state index contributed by atoms with van der Waals surface area (Å²) in [7, 11) is 0. The second-order valence-electron chi connectivity index (χ2n) is 2.12. The van der Waals surface area contributed by atoms with Crippen LogP contribution in [0.5, 0.6) is 0 Å². The van der Waals surface area contributed by atoms with Gasteiger partial charge in [-0.1, -0.05) is 19.7 Å². The van der Waals surface area contributed by atoms with Crippen LogP contribution in [0.3, 0.4) is 0 Å². The van der Waals surface area contributed by atoms with Gasteiger partial charge in [0.05, 0.1) is 5.57 Å². The van der Waals surface area contributed by atoms with Gasteiger partial charge in [-0.3, -0.25) is 4.79 Å². The number of allylic oxidation sites excluding steroid dienone is 1. The molecule has 0 aromatic heterocycles. The normalized spacial score (nSPS) is 19.2. The molecule has 0 bridgehead atoms. The highest BCUT2D eigenvalue weighted by Crippen LogP contribution is 2.18. The smallest absolute Gasteiger partial charge is 0.194 e. The lowest BCUT2D eigenvalue weighted by atomic mass is 10.0. The largest absolute Gasteiger partial charge is 0.489 e. The molecule has 0 radical (unpaired) electrons. The van der Waals surface area contributed by atoms with Crippen molar-refractivity contribution in [3.63, 3.8) is 0 Å². The van der Waals surface area contributed by atoms with Crippen LogP contribution >= 0.6 is 0 Å². The predicted molar refractivity (Wildman–Crippen MR) is 38.4 cm³/mol. The summed E-state index contributed by atoms with van der Waals surface area (Å²) in [6.45, 7) is 10.7. The molecule has 52 valence electrons. The van der Waals surface area contributed by atoms with Crippen molar-refractivity contribution < 1.29 is 9.53 Å². The first-order valence-corrected chi connectivity index (χ1v) is 2.86. The van der Waals surface area contributed by atoms with E-state index in [2.05, 4.69) is 19.7 Å². The van der Waals surface area contributed by atoms with E-state index < -0.39 is 0 Å².